The van der Waals surface area contributed by atoms with E-state index in [0.29, 0.717) is 22.7 Å². The second-order valence-electron chi connectivity index (χ2n) is 19.9. The first-order chi connectivity index (χ1) is 39.8. The predicted octanol–water partition coefficient (Wildman–Crippen LogP) is 15.3. The third-order valence-electron chi connectivity index (χ3n) is 14.0. The van der Waals surface area contributed by atoms with Crippen LogP contribution >= 0.6 is 11.6 Å². The van der Waals surface area contributed by atoms with Crippen molar-refractivity contribution in [1.29, 1.82) is 0 Å². The zero-order valence-electron chi connectivity index (χ0n) is 47.5. The largest absolute Gasteiger partial charge is 0.497 e. The number of nitrogens with zero attached hydrogens (tertiary/aromatic N) is 2. The summed E-state index contributed by atoms with van der Waals surface area (Å²) in [5.74, 6) is -0.493. The van der Waals surface area contributed by atoms with Crippen LogP contribution in [-0.2, 0) is 21.0 Å². The SMILES string of the molecule is CN(C)CCC=C1c2ccccc2COc2ccccc21.COc1ccc2cc([C@H](C)C(=O)O)ccc2c1.COc1ccc2cc([C@H](C)C(=O)O)ccc2c1.COc1ccc2cc([C@H](C)C(=O)O)ccc2c1.Oc1nc2cc(Cl)ccc2o1. The number of para-hydroxylation sites is 1. The van der Waals surface area contributed by atoms with Crippen LogP contribution in [-0.4, -0.2) is 90.2 Å². The number of fused-ring (bicyclic) bond motifs is 6. The molecule has 0 saturated heterocycles. The Bertz CT molecular complexity index is 3610. The lowest BCUT2D eigenvalue weighted by atomic mass is 9.93. The maximum atomic E-state index is 10.9. The number of aliphatic carboxylic acids is 3. The number of carboxylic acid groups (broad SMARTS) is 3. The summed E-state index contributed by atoms with van der Waals surface area (Å²) in [7, 11) is 9.10. The summed E-state index contributed by atoms with van der Waals surface area (Å²) in [6.07, 6.45) is 3.04. The van der Waals surface area contributed by atoms with E-state index in [-0.39, 0.29) is 6.08 Å². The Balaban J connectivity index is 0.000000151. The van der Waals surface area contributed by atoms with Crippen molar-refractivity contribution in [3.63, 3.8) is 0 Å². The molecule has 15 heteroatoms. The van der Waals surface area contributed by atoms with E-state index in [0.717, 1.165) is 85.0 Å². The number of benzene rings is 9. The van der Waals surface area contributed by atoms with Crippen molar-refractivity contribution >= 4 is 78.5 Å². The number of carboxylic acids is 3. The molecule has 1 aliphatic heterocycles. The summed E-state index contributed by atoms with van der Waals surface area (Å²) < 4.78 is 26.2. The first-order valence-corrected chi connectivity index (χ1v) is 27.1. The Hall–Kier alpha value is -9.37. The van der Waals surface area contributed by atoms with Crippen molar-refractivity contribution in [2.45, 2.75) is 51.6 Å². The van der Waals surface area contributed by atoms with Crippen LogP contribution in [0, 0.1) is 0 Å². The number of rotatable bonds is 12. The van der Waals surface area contributed by atoms with Gasteiger partial charge in [0, 0.05) is 17.1 Å². The molecule has 3 atom stereocenters. The normalized spacial score (nSPS) is 12.9. The average Bonchev–Trinajstić information content (AvgIpc) is 3.93. The van der Waals surface area contributed by atoms with E-state index in [1.807, 2.05) is 115 Å². The molecule has 4 N–H and O–H groups in total. The number of oxazole rings is 1. The number of ether oxygens (including phenoxy) is 4. The molecule has 0 fully saturated rings. The molecule has 2 heterocycles. The number of hydrogen-bond donors (Lipinski definition) is 4. The summed E-state index contributed by atoms with van der Waals surface area (Å²) in [5.41, 5.74) is 8.58. The van der Waals surface area contributed by atoms with Crippen LogP contribution in [0.1, 0.15) is 78.3 Å². The fraction of sp³-hybridized carbons (Fsp3) is 0.206. The van der Waals surface area contributed by atoms with Crippen LogP contribution < -0.4 is 18.9 Å². The Morgan fingerprint density at radius 2 is 0.988 bits per heavy atom. The molecule has 0 unspecified atom stereocenters. The summed E-state index contributed by atoms with van der Waals surface area (Å²) in [4.78, 5) is 38.6. The zero-order valence-corrected chi connectivity index (χ0v) is 48.3. The maximum Gasteiger partial charge on any atom is 0.392 e. The highest BCUT2D eigenvalue weighted by Gasteiger charge is 2.19. The molecule has 11 rings (SSSR count). The topological polar surface area (TPSA) is 198 Å². The minimum absolute atomic E-state index is 0.331. The molecule has 10 aromatic rings. The quantitative estimate of drug-likeness (QED) is 0.0901. The van der Waals surface area contributed by atoms with Crippen LogP contribution in [0.4, 0.5) is 0 Å². The number of halogens is 1. The van der Waals surface area contributed by atoms with Crippen molar-refractivity contribution in [3.05, 3.63) is 220 Å². The highest BCUT2D eigenvalue weighted by molar-refractivity contribution is 6.31. The Kier molecular flexibility index (Phi) is 21.3. The third kappa shape index (κ3) is 16.4. The smallest absolute Gasteiger partial charge is 0.392 e. The van der Waals surface area contributed by atoms with Crippen LogP contribution in [0.2, 0.25) is 5.02 Å². The van der Waals surface area contributed by atoms with Gasteiger partial charge in [-0.2, -0.15) is 4.98 Å². The highest BCUT2D eigenvalue weighted by Crippen LogP contribution is 2.37. The van der Waals surface area contributed by atoms with E-state index in [1.165, 1.54) is 22.3 Å². The van der Waals surface area contributed by atoms with Gasteiger partial charge in [-0.3, -0.25) is 14.4 Å². The van der Waals surface area contributed by atoms with E-state index in [1.54, 1.807) is 60.3 Å². The molecule has 428 valence electrons. The van der Waals surface area contributed by atoms with Gasteiger partial charge >= 0.3 is 24.0 Å². The number of methoxy groups -OCH3 is 3. The predicted molar refractivity (Wildman–Crippen MR) is 328 cm³/mol. The number of carbonyl (C=O) groups is 3. The Labute approximate surface area is 487 Å². The van der Waals surface area contributed by atoms with Crippen molar-refractivity contribution in [2.24, 2.45) is 0 Å². The summed E-state index contributed by atoms with van der Waals surface area (Å²) in [6.45, 7) is 6.75. The van der Waals surface area contributed by atoms with Crippen molar-refractivity contribution in [1.82, 2.24) is 9.88 Å². The van der Waals surface area contributed by atoms with Crippen LogP contribution in [0.3, 0.4) is 0 Å². The van der Waals surface area contributed by atoms with Crippen LogP contribution in [0.5, 0.6) is 29.1 Å². The second kappa shape index (κ2) is 28.9. The number of hydrogen-bond acceptors (Lipinski definition) is 11. The van der Waals surface area contributed by atoms with Gasteiger partial charge in [-0.05, 0) is 168 Å². The van der Waals surface area contributed by atoms with Gasteiger partial charge in [0.25, 0.3) is 0 Å². The first-order valence-electron chi connectivity index (χ1n) is 26.7. The van der Waals surface area contributed by atoms with E-state index in [4.69, 9.17) is 55.4 Å². The molecule has 1 aliphatic rings. The van der Waals surface area contributed by atoms with Gasteiger partial charge in [0.2, 0.25) is 0 Å². The zero-order chi connectivity index (χ0) is 59.7. The third-order valence-corrected chi connectivity index (χ3v) is 14.2. The summed E-state index contributed by atoms with van der Waals surface area (Å²) in [6, 6.07) is 56.1. The Morgan fingerprint density at radius 3 is 1.43 bits per heavy atom. The molecular formula is C68H67ClN2O12. The van der Waals surface area contributed by atoms with Crippen molar-refractivity contribution in [2.75, 3.05) is 42.0 Å². The lowest BCUT2D eigenvalue weighted by molar-refractivity contribution is -0.139. The molecule has 0 amide bonds. The van der Waals surface area contributed by atoms with E-state index in [9.17, 15) is 14.4 Å². The van der Waals surface area contributed by atoms with Crippen LogP contribution in [0.25, 0.3) is 49.0 Å². The summed E-state index contributed by atoms with van der Waals surface area (Å²) in [5, 5.41) is 42.5. The highest BCUT2D eigenvalue weighted by atomic mass is 35.5. The molecule has 14 nitrogen and oxygen atoms in total. The molecule has 1 aromatic heterocycles. The Morgan fingerprint density at radius 1 is 0.566 bits per heavy atom. The van der Waals surface area contributed by atoms with Gasteiger partial charge in [0.1, 0.15) is 35.1 Å². The van der Waals surface area contributed by atoms with Gasteiger partial charge in [-0.15, -0.1) is 0 Å². The lowest BCUT2D eigenvalue weighted by Gasteiger charge is -2.12. The first kappa shape index (κ1) is 61.3. The standard InChI is InChI=1S/C19H21NO.3C14H14O3.C7H4ClNO2/c1-20(2)13-7-11-17-16-9-4-3-8-15(16)14-21-19-12-6-5-10-18(17)19;3*1-9(14(15)16)10-3-4-12-8-13(17-2)6-5-11(12)7-10;8-4-1-2-6-5(3-4)9-7(10)11-6/h3-6,8-12H,7,13-14H2,1-2H3;3*3-9H,1-2H3,(H,15,16);1-3H,(H,9,10)/t;3*9-;/m.000./s1. The van der Waals surface area contributed by atoms with Crippen molar-refractivity contribution in [3.8, 4) is 29.1 Å². The molecular weight excluding hydrogens is 1070 g/mol. The van der Waals surface area contributed by atoms with E-state index in [2.05, 4.69) is 72.5 Å². The van der Waals surface area contributed by atoms with E-state index < -0.39 is 35.7 Å². The minimum atomic E-state index is -0.808. The average molecular weight is 1140 g/mol. The van der Waals surface area contributed by atoms with Gasteiger partial charge in [-0.25, -0.2) is 0 Å². The molecule has 0 bridgehead atoms. The van der Waals surface area contributed by atoms with Gasteiger partial charge in [-0.1, -0.05) is 133 Å². The molecule has 9 aromatic carbocycles. The lowest BCUT2D eigenvalue weighted by Crippen LogP contribution is -2.12. The van der Waals surface area contributed by atoms with Crippen molar-refractivity contribution < 1.29 is 58.2 Å². The van der Waals surface area contributed by atoms with Gasteiger partial charge in [0.05, 0.1) is 39.1 Å². The van der Waals surface area contributed by atoms with Crippen LogP contribution in [0.15, 0.2) is 186 Å². The molecule has 83 heavy (non-hydrogen) atoms. The molecule has 0 radical (unpaired) electrons. The minimum Gasteiger partial charge on any atom is -0.497 e. The molecule has 0 aliphatic carbocycles. The number of aromatic hydroxyl groups is 1. The fourth-order valence-electron chi connectivity index (χ4n) is 8.94. The van der Waals surface area contributed by atoms with E-state index >= 15 is 0 Å². The summed E-state index contributed by atoms with van der Waals surface area (Å²) >= 11 is 5.66. The van der Waals surface area contributed by atoms with Gasteiger partial charge < -0.3 is 48.7 Å². The maximum absolute atomic E-state index is 10.9. The second-order valence-corrected chi connectivity index (χ2v) is 20.3. The van der Waals surface area contributed by atoms with Gasteiger partial charge in [0.15, 0.2) is 5.58 Å². The monoisotopic (exact) mass is 1140 g/mol. The molecule has 0 saturated carbocycles. The molecule has 0 spiro atoms. The number of aromatic nitrogens is 1. The fourth-order valence-corrected chi connectivity index (χ4v) is 9.11.